The van der Waals surface area contributed by atoms with Gasteiger partial charge in [0.2, 0.25) is 0 Å². The largest absolute Gasteiger partial charge is 0.478 e. The fourth-order valence-corrected chi connectivity index (χ4v) is 4.14. The monoisotopic (exact) mass is 361 g/mol. The summed E-state index contributed by atoms with van der Waals surface area (Å²) in [6.07, 6.45) is 0.183. The summed E-state index contributed by atoms with van der Waals surface area (Å²) in [6, 6.07) is 0. The molecule has 0 saturated heterocycles. The lowest BCUT2D eigenvalue weighted by Crippen LogP contribution is -2.39. The average Bonchev–Trinajstić information content (AvgIpc) is 2.61. The molecule has 0 unspecified atom stereocenters. The lowest BCUT2D eigenvalue weighted by Gasteiger charge is -2.30. The zero-order valence-corrected chi connectivity index (χ0v) is 13.9. The van der Waals surface area contributed by atoms with Crippen molar-refractivity contribution in [1.82, 2.24) is 4.90 Å². The number of carboxylic acids is 1. The van der Waals surface area contributed by atoms with E-state index in [1.165, 1.54) is 11.3 Å². The van der Waals surface area contributed by atoms with E-state index < -0.39 is 11.6 Å². The predicted molar refractivity (Wildman–Crippen MR) is 79.3 cm³/mol. The second-order valence-electron chi connectivity index (χ2n) is 5.61. The van der Waals surface area contributed by atoms with Crippen molar-refractivity contribution in [2.24, 2.45) is 0 Å². The van der Waals surface area contributed by atoms with E-state index >= 15 is 0 Å². The summed E-state index contributed by atoms with van der Waals surface area (Å²) in [4.78, 5) is 25.8. The number of ether oxygens (including phenoxy) is 1. The van der Waals surface area contributed by atoms with E-state index in [2.05, 4.69) is 15.9 Å². The quantitative estimate of drug-likeness (QED) is 0.830. The number of thiophene rings is 1. The molecule has 0 atom stereocenters. The van der Waals surface area contributed by atoms with Crippen molar-refractivity contribution in [1.29, 1.82) is 0 Å². The number of amides is 1. The van der Waals surface area contributed by atoms with Crippen molar-refractivity contribution >= 4 is 39.3 Å². The van der Waals surface area contributed by atoms with Gasteiger partial charge in [0, 0.05) is 11.4 Å². The highest BCUT2D eigenvalue weighted by Crippen LogP contribution is 2.37. The molecule has 20 heavy (non-hydrogen) atoms. The van der Waals surface area contributed by atoms with Crippen molar-refractivity contribution in [3.05, 3.63) is 19.8 Å². The maximum atomic E-state index is 12.0. The van der Waals surface area contributed by atoms with Gasteiger partial charge in [-0.25, -0.2) is 9.59 Å². The van der Waals surface area contributed by atoms with Crippen LogP contribution in [0.2, 0.25) is 0 Å². The number of rotatable bonds is 1. The van der Waals surface area contributed by atoms with Crippen molar-refractivity contribution in [2.45, 2.75) is 39.3 Å². The first-order chi connectivity index (χ1) is 9.19. The summed E-state index contributed by atoms with van der Waals surface area (Å²) in [5.41, 5.74) is 0.627. The fraction of sp³-hybridized carbons (Fsp3) is 0.538. The van der Waals surface area contributed by atoms with Gasteiger partial charge in [-0.05, 0) is 48.7 Å². The number of hydrogen-bond acceptors (Lipinski definition) is 4. The summed E-state index contributed by atoms with van der Waals surface area (Å²) in [7, 11) is 0. The molecule has 7 heteroatoms. The van der Waals surface area contributed by atoms with Crippen molar-refractivity contribution in [3.63, 3.8) is 0 Å². The average molecular weight is 362 g/mol. The van der Waals surface area contributed by atoms with Crippen LogP contribution in [0.15, 0.2) is 3.79 Å². The standard InChI is InChI=1S/C13H16BrNO4S/c1-13(2,3)19-12(18)15-5-4-7-8(6-15)20-10(14)9(7)11(16)17/h4-6H2,1-3H3,(H,16,17). The van der Waals surface area contributed by atoms with E-state index in [-0.39, 0.29) is 6.09 Å². The van der Waals surface area contributed by atoms with Crippen LogP contribution >= 0.6 is 27.3 Å². The molecule has 1 amide bonds. The Labute approximate surface area is 129 Å². The minimum Gasteiger partial charge on any atom is -0.478 e. The van der Waals surface area contributed by atoms with Gasteiger partial charge < -0.3 is 14.7 Å². The fourth-order valence-electron chi connectivity index (χ4n) is 2.07. The van der Waals surface area contributed by atoms with Crippen LogP contribution in [0.1, 0.15) is 41.6 Å². The minimum atomic E-state index is -0.930. The molecule has 2 heterocycles. The highest BCUT2D eigenvalue weighted by atomic mass is 79.9. The van der Waals surface area contributed by atoms with Gasteiger partial charge >= 0.3 is 12.1 Å². The smallest absolute Gasteiger partial charge is 0.410 e. The van der Waals surface area contributed by atoms with Crippen LogP contribution in [-0.2, 0) is 17.7 Å². The van der Waals surface area contributed by atoms with E-state index in [1.807, 2.05) is 20.8 Å². The number of carbonyl (C=O) groups excluding carboxylic acids is 1. The molecule has 0 aromatic carbocycles. The Morgan fingerprint density at radius 2 is 2.05 bits per heavy atom. The van der Waals surface area contributed by atoms with Crippen LogP contribution in [-0.4, -0.2) is 34.2 Å². The lowest BCUT2D eigenvalue weighted by atomic mass is 10.0. The van der Waals surface area contributed by atoms with Crippen LogP contribution in [0, 0.1) is 0 Å². The summed E-state index contributed by atoms with van der Waals surface area (Å²) in [5.74, 6) is -0.930. The zero-order chi connectivity index (χ0) is 15.1. The van der Waals surface area contributed by atoms with Crippen molar-refractivity contribution in [3.8, 4) is 0 Å². The molecule has 0 saturated carbocycles. The molecule has 1 aromatic rings. The summed E-state index contributed by atoms with van der Waals surface area (Å²) >= 11 is 4.66. The number of carbonyl (C=O) groups is 2. The first kappa shape index (κ1) is 15.3. The third-order valence-corrected chi connectivity index (χ3v) is 4.77. The van der Waals surface area contributed by atoms with E-state index in [0.717, 1.165) is 10.4 Å². The maximum Gasteiger partial charge on any atom is 0.410 e. The van der Waals surface area contributed by atoms with Crippen LogP contribution in [0.4, 0.5) is 4.79 Å². The summed E-state index contributed by atoms with van der Waals surface area (Å²) in [6.45, 7) is 6.35. The molecule has 110 valence electrons. The molecule has 1 aromatic heterocycles. The number of carboxylic acid groups (broad SMARTS) is 1. The summed E-state index contributed by atoms with van der Waals surface area (Å²) < 4.78 is 5.95. The normalized spacial score (nSPS) is 14.9. The Hall–Kier alpha value is -1.08. The third-order valence-electron chi connectivity index (χ3n) is 2.88. The highest BCUT2D eigenvalue weighted by molar-refractivity contribution is 9.11. The van der Waals surface area contributed by atoms with Gasteiger partial charge in [-0.2, -0.15) is 0 Å². The number of nitrogens with zero attached hydrogens (tertiary/aromatic N) is 1. The summed E-state index contributed by atoms with van der Waals surface area (Å²) in [5, 5.41) is 9.21. The Bertz CT molecular complexity index is 561. The van der Waals surface area contributed by atoms with Gasteiger partial charge in [-0.15, -0.1) is 11.3 Å². The number of aromatic carboxylic acids is 1. The van der Waals surface area contributed by atoms with E-state index in [1.54, 1.807) is 4.90 Å². The second-order valence-corrected chi connectivity index (χ2v) is 8.03. The Morgan fingerprint density at radius 3 is 2.60 bits per heavy atom. The van der Waals surface area contributed by atoms with E-state index in [9.17, 15) is 14.7 Å². The lowest BCUT2D eigenvalue weighted by molar-refractivity contribution is 0.0226. The Morgan fingerprint density at radius 1 is 1.40 bits per heavy atom. The molecule has 2 rings (SSSR count). The molecule has 5 nitrogen and oxygen atoms in total. The van der Waals surface area contributed by atoms with Crippen LogP contribution in [0.3, 0.4) is 0 Å². The Kier molecular flexibility index (Phi) is 4.11. The molecule has 1 N–H and O–H groups in total. The third kappa shape index (κ3) is 3.15. The molecule has 1 aliphatic rings. The molecule has 0 bridgehead atoms. The van der Waals surface area contributed by atoms with Gasteiger partial charge in [-0.3, -0.25) is 0 Å². The number of hydrogen-bond donors (Lipinski definition) is 1. The topological polar surface area (TPSA) is 66.8 Å². The van der Waals surface area contributed by atoms with Crippen LogP contribution in [0.5, 0.6) is 0 Å². The number of fused-ring (bicyclic) bond motifs is 1. The molecular weight excluding hydrogens is 346 g/mol. The van der Waals surface area contributed by atoms with E-state index in [4.69, 9.17) is 4.74 Å². The molecule has 0 aliphatic carbocycles. The van der Waals surface area contributed by atoms with E-state index in [0.29, 0.717) is 28.9 Å². The minimum absolute atomic E-state index is 0.328. The molecule has 0 fully saturated rings. The van der Waals surface area contributed by atoms with Gasteiger partial charge in [0.05, 0.1) is 15.9 Å². The predicted octanol–water partition coefficient (Wildman–Crippen LogP) is 3.50. The maximum absolute atomic E-state index is 12.0. The van der Waals surface area contributed by atoms with Gasteiger partial charge in [0.25, 0.3) is 0 Å². The first-order valence-corrected chi connectivity index (χ1v) is 7.81. The van der Waals surface area contributed by atoms with Gasteiger partial charge in [0.15, 0.2) is 0 Å². The van der Waals surface area contributed by atoms with Crippen LogP contribution in [0.25, 0.3) is 0 Å². The molecule has 1 aliphatic heterocycles. The molecular formula is C13H16BrNO4S. The number of halogens is 1. The Balaban J connectivity index is 2.18. The van der Waals surface area contributed by atoms with Gasteiger partial charge in [0.1, 0.15) is 5.60 Å². The zero-order valence-electron chi connectivity index (χ0n) is 11.5. The first-order valence-electron chi connectivity index (χ1n) is 6.20. The van der Waals surface area contributed by atoms with Gasteiger partial charge in [-0.1, -0.05) is 0 Å². The molecule has 0 radical (unpaired) electrons. The molecule has 0 spiro atoms. The second kappa shape index (κ2) is 5.37. The van der Waals surface area contributed by atoms with Crippen molar-refractivity contribution in [2.75, 3.05) is 6.54 Å². The van der Waals surface area contributed by atoms with Crippen molar-refractivity contribution < 1.29 is 19.4 Å². The highest BCUT2D eigenvalue weighted by Gasteiger charge is 2.30. The SMILES string of the molecule is CC(C)(C)OC(=O)N1CCc2c(sc(Br)c2C(=O)O)C1. The van der Waals surface area contributed by atoms with Crippen LogP contribution < -0.4 is 0 Å².